The van der Waals surface area contributed by atoms with E-state index in [4.69, 9.17) is 4.74 Å². The molecular formula is C17H20N2O2. The standard InChI is InChI=1S/C17H20N2O2/c1-13(17(20)19-15-6-4-3-5-7-15)18-12-14-8-10-16(21-2)11-9-14/h3-11,13,18H,12H2,1-2H3,(H,19,20). The molecule has 4 nitrogen and oxygen atoms in total. The van der Waals surface area contributed by atoms with Crippen molar-refractivity contribution in [3.05, 3.63) is 60.2 Å². The zero-order chi connectivity index (χ0) is 15.1. The Kier molecular flexibility index (Phi) is 5.35. The van der Waals surface area contributed by atoms with Crippen LogP contribution in [0.1, 0.15) is 12.5 Å². The van der Waals surface area contributed by atoms with Crippen LogP contribution in [0.15, 0.2) is 54.6 Å². The second-order valence-electron chi connectivity index (χ2n) is 4.81. The number of carbonyl (C=O) groups excluding carboxylic acids is 1. The van der Waals surface area contributed by atoms with Crippen LogP contribution in [0.2, 0.25) is 0 Å². The summed E-state index contributed by atoms with van der Waals surface area (Å²) in [6, 6.07) is 16.9. The monoisotopic (exact) mass is 284 g/mol. The zero-order valence-corrected chi connectivity index (χ0v) is 12.3. The summed E-state index contributed by atoms with van der Waals surface area (Å²) < 4.78 is 5.11. The number of hydrogen-bond acceptors (Lipinski definition) is 3. The molecule has 4 heteroatoms. The van der Waals surface area contributed by atoms with Gasteiger partial charge in [-0.25, -0.2) is 0 Å². The van der Waals surface area contributed by atoms with Crippen molar-refractivity contribution in [3.8, 4) is 5.75 Å². The van der Waals surface area contributed by atoms with Crippen LogP contribution in [0.4, 0.5) is 5.69 Å². The summed E-state index contributed by atoms with van der Waals surface area (Å²) in [5, 5.41) is 6.08. The highest BCUT2D eigenvalue weighted by Gasteiger charge is 2.12. The Hall–Kier alpha value is -2.33. The number of para-hydroxylation sites is 1. The van der Waals surface area contributed by atoms with Crippen molar-refractivity contribution >= 4 is 11.6 Å². The molecular weight excluding hydrogens is 264 g/mol. The molecule has 0 aliphatic heterocycles. The van der Waals surface area contributed by atoms with Crippen molar-refractivity contribution in [2.45, 2.75) is 19.5 Å². The van der Waals surface area contributed by atoms with E-state index in [0.29, 0.717) is 6.54 Å². The average Bonchev–Trinajstić information content (AvgIpc) is 2.54. The summed E-state index contributed by atoms with van der Waals surface area (Å²) in [6.45, 7) is 2.48. The maximum absolute atomic E-state index is 12.0. The molecule has 1 amide bonds. The Morgan fingerprint density at radius 1 is 1.10 bits per heavy atom. The van der Waals surface area contributed by atoms with Gasteiger partial charge in [0.15, 0.2) is 0 Å². The first-order valence-electron chi connectivity index (χ1n) is 6.91. The first-order valence-corrected chi connectivity index (χ1v) is 6.91. The minimum Gasteiger partial charge on any atom is -0.497 e. The molecule has 0 aromatic heterocycles. The first-order chi connectivity index (χ1) is 10.2. The van der Waals surface area contributed by atoms with Crippen LogP contribution < -0.4 is 15.4 Å². The van der Waals surface area contributed by atoms with Crippen LogP contribution in [0, 0.1) is 0 Å². The third-order valence-electron chi connectivity index (χ3n) is 3.21. The number of benzene rings is 2. The smallest absolute Gasteiger partial charge is 0.241 e. The molecule has 0 radical (unpaired) electrons. The number of methoxy groups -OCH3 is 1. The van der Waals surface area contributed by atoms with Gasteiger partial charge in [-0.05, 0) is 36.8 Å². The fourth-order valence-electron chi connectivity index (χ4n) is 1.88. The molecule has 0 saturated carbocycles. The summed E-state index contributed by atoms with van der Waals surface area (Å²) >= 11 is 0. The van der Waals surface area contributed by atoms with Crippen LogP contribution in [0.5, 0.6) is 5.75 Å². The highest BCUT2D eigenvalue weighted by molar-refractivity contribution is 5.94. The molecule has 0 aliphatic rings. The number of anilines is 1. The normalized spacial score (nSPS) is 11.7. The fraction of sp³-hybridized carbons (Fsp3) is 0.235. The highest BCUT2D eigenvalue weighted by atomic mass is 16.5. The number of carbonyl (C=O) groups is 1. The third-order valence-corrected chi connectivity index (χ3v) is 3.21. The van der Waals surface area contributed by atoms with Gasteiger partial charge in [-0.15, -0.1) is 0 Å². The van der Waals surface area contributed by atoms with E-state index in [1.54, 1.807) is 7.11 Å². The Bertz CT molecular complexity index is 567. The van der Waals surface area contributed by atoms with Crippen molar-refractivity contribution in [2.75, 3.05) is 12.4 Å². The maximum atomic E-state index is 12.0. The van der Waals surface area contributed by atoms with E-state index in [9.17, 15) is 4.79 Å². The van der Waals surface area contributed by atoms with Gasteiger partial charge in [0.1, 0.15) is 5.75 Å². The molecule has 0 heterocycles. The Morgan fingerprint density at radius 2 is 1.76 bits per heavy atom. The van der Waals surface area contributed by atoms with E-state index >= 15 is 0 Å². The molecule has 2 aromatic carbocycles. The van der Waals surface area contributed by atoms with Crippen molar-refractivity contribution in [3.63, 3.8) is 0 Å². The number of hydrogen-bond donors (Lipinski definition) is 2. The van der Waals surface area contributed by atoms with E-state index in [-0.39, 0.29) is 11.9 Å². The fourth-order valence-corrected chi connectivity index (χ4v) is 1.88. The van der Waals surface area contributed by atoms with Gasteiger partial charge in [-0.3, -0.25) is 4.79 Å². The van der Waals surface area contributed by atoms with E-state index in [1.807, 2.05) is 61.5 Å². The molecule has 2 rings (SSSR count). The lowest BCUT2D eigenvalue weighted by Crippen LogP contribution is -2.37. The Labute approximate surface area is 125 Å². The van der Waals surface area contributed by atoms with E-state index in [1.165, 1.54) is 0 Å². The SMILES string of the molecule is COc1ccc(CNC(C)C(=O)Nc2ccccc2)cc1. The lowest BCUT2D eigenvalue weighted by atomic mass is 10.2. The van der Waals surface area contributed by atoms with Gasteiger partial charge < -0.3 is 15.4 Å². The average molecular weight is 284 g/mol. The highest BCUT2D eigenvalue weighted by Crippen LogP contribution is 2.11. The second kappa shape index (κ2) is 7.45. The molecule has 1 unspecified atom stereocenters. The van der Waals surface area contributed by atoms with Crippen LogP contribution in [0.25, 0.3) is 0 Å². The van der Waals surface area contributed by atoms with Crippen molar-refractivity contribution in [1.82, 2.24) is 5.32 Å². The summed E-state index contributed by atoms with van der Waals surface area (Å²) in [6.07, 6.45) is 0. The van der Waals surface area contributed by atoms with Gasteiger partial charge in [0.25, 0.3) is 0 Å². The van der Waals surface area contributed by atoms with Gasteiger partial charge in [0.2, 0.25) is 5.91 Å². The van der Waals surface area contributed by atoms with Gasteiger partial charge in [0, 0.05) is 12.2 Å². The van der Waals surface area contributed by atoms with E-state index in [2.05, 4.69) is 10.6 Å². The van der Waals surface area contributed by atoms with E-state index < -0.39 is 0 Å². The Morgan fingerprint density at radius 3 is 2.38 bits per heavy atom. The predicted octanol–water partition coefficient (Wildman–Crippen LogP) is 2.81. The van der Waals surface area contributed by atoms with Crippen molar-refractivity contribution in [2.24, 2.45) is 0 Å². The van der Waals surface area contributed by atoms with Gasteiger partial charge in [-0.2, -0.15) is 0 Å². The third kappa shape index (κ3) is 4.61. The molecule has 0 bridgehead atoms. The van der Waals surface area contributed by atoms with Gasteiger partial charge in [-0.1, -0.05) is 30.3 Å². The van der Waals surface area contributed by atoms with Crippen molar-refractivity contribution in [1.29, 1.82) is 0 Å². The summed E-state index contributed by atoms with van der Waals surface area (Å²) in [5.74, 6) is 0.781. The quantitative estimate of drug-likeness (QED) is 0.857. The molecule has 110 valence electrons. The lowest BCUT2D eigenvalue weighted by molar-refractivity contribution is -0.117. The summed E-state index contributed by atoms with van der Waals surface area (Å²) in [4.78, 5) is 12.0. The van der Waals surface area contributed by atoms with Crippen LogP contribution >= 0.6 is 0 Å². The molecule has 0 fully saturated rings. The van der Waals surface area contributed by atoms with Gasteiger partial charge in [0.05, 0.1) is 13.2 Å². The molecule has 2 N–H and O–H groups in total. The van der Waals surface area contributed by atoms with E-state index in [0.717, 1.165) is 17.0 Å². The predicted molar refractivity (Wildman–Crippen MR) is 84.4 cm³/mol. The van der Waals surface area contributed by atoms with Crippen LogP contribution in [-0.4, -0.2) is 19.1 Å². The second-order valence-corrected chi connectivity index (χ2v) is 4.81. The topological polar surface area (TPSA) is 50.4 Å². The molecule has 21 heavy (non-hydrogen) atoms. The molecule has 1 atom stereocenters. The van der Waals surface area contributed by atoms with Crippen molar-refractivity contribution < 1.29 is 9.53 Å². The maximum Gasteiger partial charge on any atom is 0.241 e. The van der Waals surface area contributed by atoms with Gasteiger partial charge >= 0.3 is 0 Å². The summed E-state index contributed by atoms with van der Waals surface area (Å²) in [5.41, 5.74) is 1.91. The largest absolute Gasteiger partial charge is 0.497 e. The first kappa shape index (κ1) is 15.1. The molecule has 0 saturated heterocycles. The number of ether oxygens (including phenoxy) is 1. The number of amides is 1. The minimum atomic E-state index is -0.271. The minimum absolute atomic E-state index is 0.0466. The molecule has 2 aromatic rings. The van der Waals surface area contributed by atoms with Crippen LogP contribution in [-0.2, 0) is 11.3 Å². The number of rotatable bonds is 6. The lowest BCUT2D eigenvalue weighted by Gasteiger charge is -2.14. The summed E-state index contributed by atoms with van der Waals surface area (Å²) in [7, 11) is 1.64. The Balaban J connectivity index is 1.83. The molecule has 0 spiro atoms. The van der Waals surface area contributed by atoms with Crippen LogP contribution in [0.3, 0.4) is 0 Å². The molecule has 0 aliphatic carbocycles. The zero-order valence-electron chi connectivity index (χ0n) is 12.3. The number of nitrogens with one attached hydrogen (secondary N) is 2.